The summed E-state index contributed by atoms with van der Waals surface area (Å²) in [6.07, 6.45) is 2.00. The average molecular weight is 378 g/mol. The number of carbonyl (C=O) groups excluding carboxylic acids is 1. The molecule has 1 amide bonds. The highest BCUT2D eigenvalue weighted by Crippen LogP contribution is 2.23. The highest BCUT2D eigenvalue weighted by atomic mass is 35.5. The number of pyridine rings is 1. The van der Waals surface area contributed by atoms with Crippen molar-refractivity contribution in [2.24, 2.45) is 5.73 Å². The summed E-state index contributed by atoms with van der Waals surface area (Å²) in [5, 5.41) is 12.7. The Labute approximate surface area is 159 Å². The zero-order valence-corrected chi connectivity index (χ0v) is 15.5. The number of nitrogens with two attached hydrogens (primary N) is 1. The van der Waals surface area contributed by atoms with Crippen LogP contribution in [0.5, 0.6) is 11.6 Å². The molecule has 0 radical (unpaired) electrons. The Morgan fingerprint density at radius 2 is 2.15 bits per heavy atom. The molecule has 1 aliphatic rings. The molecule has 1 aromatic carbocycles. The molecule has 2 atom stereocenters. The Balaban J connectivity index is 0.00000243. The minimum atomic E-state index is -0.463. The van der Waals surface area contributed by atoms with Crippen molar-refractivity contribution in [3.05, 3.63) is 53.2 Å². The normalized spacial score (nSPS) is 18.9. The van der Waals surface area contributed by atoms with Gasteiger partial charge in [0.15, 0.2) is 0 Å². The molecule has 0 spiro atoms. The molecule has 6 nitrogen and oxygen atoms in total. The van der Waals surface area contributed by atoms with E-state index in [-0.39, 0.29) is 24.4 Å². The molecule has 3 rings (SSSR count). The monoisotopic (exact) mass is 377 g/mol. The molecule has 1 heterocycles. The van der Waals surface area contributed by atoms with Crippen molar-refractivity contribution in [2.45, 2.75) is 44.9 Å². The van der Waals surface area contributed by atoms with Crippen LogP contribution in [0.2, 0.25) is 0 Å². The van der Waals surface area contributed by atoms with Gasteiger partial charge in [0.05, 0.1) is 12.1 Å². The summed E-state index contributed by atoms with van der Waals surface area (Å²) in [7, 11) is 0. The van der Waals surface area contributed by atoms with E-state index in [9.17, 15) is 9.90 Å². The molecular weight excluding hydrogens is 354 g/mol. The van der Waals surface area contributed by atoms with Gasteiger partial charge in [-0.25, -0.2) is 4.98 Å². The molecule has 1 aromatic heterocycles. The molecule has 0 unspecified atom stereocenters. The maximum absolute atomic E-state index is 12.4. The van der Waals surface area contributed by atoms with Crippen molar-refractivity contribution in [1.29, 1.82) is 0 Å². The minimum absolute atomic E-state index is 0. The number of amides is 1. The summed E-state index contributed by atoms with van der Waals surface area (Å²) in [6, 6.07) is 10.4. The standard InChI is InChI=1S/C19H23N3O3.ClH/c1-12-8-13(11-20)9-18(21-12)25-15-5-2-4-14(10-15)19(24)22-16-6-3-7-17(16)23;/h2,4-5,8-10,16-17,23H,3,6-7,11,20H2,1H3,(H,22,24);1H/t16-,17+;/m1./s1. The number of benzene rings is 1. The van der Waals surface area contributed by atoms with Crippen molar-refractivity contribution in [2.75, 3.05) is 0 Å². The second-order valence-electron chi connectivity index (χ2n) is 6.37. The predicted octanol–water partition coefficient (Wildman–Crippen LogP) is 2.71. The maximum atomic E-state index is 12.4. The fourth-order valence-corrected chi connectivity index (χ4v) is 3.06. The molecule has 1 aliphatic carbocycles. The van der Waals surface area contributed by atoms with Gasteiger partial charge < -0.3 is 20.9 Å². The first-order valence-electron chi connectivity index (χ1n) is 8.49. The molecule has 0 saturated heterocycles. The number of carbonyl (C=O) groups is 1. The van der Waals surface area contributed by atoms with Gasteiger partial charge in [-0.05, 0) is 56.0 Å². The van der Waals surface area contributed by atoms with Crippen LogP contribution in [0.4, 0.5) is 0 Å². The van der Waals surface area contributed by atoms with Gasteiger partial charge in [0.1, 0.15) is 5.75 Å². The number of rotatable bonds is 5. The number of aliphatic hydroxyl groups excluding tert-OH is 1. The van der Waals surface area contributed by atoms with Gasteiger partial charge in [0.25, 0.3) is 5.91 Å². The van der Waals surface area contributed by atoms with Crippen molar-refractivity contribution in [3.8, 4) is 11.6 Å². The molecule has 7 heteroatoms. The van der Waals surface area contributed by atoms with Crippen LogP contribution in [-0.2, 0) is 6.54 Å². The summed E-state index contributed by atoms with van der Waals surface area (Å²) in [5.74, 6) is 0.765. The fraction of sp³-hybridized carbons (Fsp3) is 0.368. The van der Waals surface area contributed by atoms with E-state index in [1.54, 1.807) is 30.3 Å². The molecule has 140 valence electrons. The van der Waals surface area contributed by atoms with Crippen LogP contribution < -0.4 is 15.8 Å². The van der Waals surface area contributed by atoms with Gasteiger partial charge in [0.2, 0.25) is 5.88 Å². The van der Waals surface area contributed by atoms with Crippen LogP contribution in [0.25, 0.3) is 0 Å². The molecule has 26 heavy (non-hydrogen) atoms. The van der Waals surface area contributed by atoms with Gasteiger partial charge in [-0.3, -0.25) is 4.79 Å². The third-order valence-corrected chi connectivity index (χ3v) is 4.34. The number of aromatic nitrogens is 1. The number of aliphatic hydroxyl groups is 1. The lowest BCUT2D eigenvalue weighted by molar-refractivity contribution is 0.0873. The van der Waals surface area contributed by atoms with Gasteiger partial charge >= 0.3 is 0 Å². The van der Waals surface area contributed by atoms with Crippen LogP contribution >= 0.6 is 12.4 Å². The van der Waals surface area contributed by atoms with Gasteiger partial charge in [0, 0.05) is 23.9 Å². The summed E-state index contributed by atoms with van der Waals surface area (Å²) < 4.78 is 5.79. The van der Waals surface area contributed by atoms with Crippen LogP contribution in [0.3, 0.4) is 0 Å². The number of halogens is 1. The maximum Gasteiger partial charge on any atom is 0.251 e. The first kappa shape index (κ1) is 20.2. The van der Waals surface area contributed by atoms with E-state index in [4.69, 9.17) is 10.5 Å². The molecule has 4 N–H and O–H groups in total. The minimum Gasteiger partial charge on any atom is -0.439 e. The Morgan fingerprint density at radius 3 is 2.85 bits per heavy atom. The van der Waals surface area contributed by atoms with Crippen molar-refractivity contribution in [1.82, 2.24) is 10.3 Å². The Bertz CT molecular complexity index is 769. The second kappa shape index (κ2) is 8.98. The molecule has 0 aliphatic heterocycles. The lowest BCUT2D eigenvalue weighted by Gasteiger charge is -2.16. The first-order chi connectivity index (χ1) is 12.0. The number of nitrogens with zero attached hydrogens (tertiary/aromatic N) is 1. The summed E-state index contributed by atoms with van der Waals surface area (Å²) >= 11 is 0. The number of aryl methyl sites for hydroxylation is 1. The zero-order valence-electron chi connectivity index (χ0n) is 14.6. The fourth-order valence-electron chi connectivity index (χ4n) is 3.06. The van der Waals surface area contributed by atoms with E-state index in [1.807, 2.05) is 13.0 Å². The highest BCUT2D eigenvalue weighted by molar-refractivity contribution is 5.94. The smallest absolute Gasteiger partial charge is 0.251 e. The number of hydrogen-bond acceptors (Lipinski definition) is 5. The summed E-state index contributed by atoms with van der Waals surface area (Å²) in [4.78, 5) is 16.7. The Hall–Kier alpha value is -2.15. The van der Waals surface area contributed by atoms with Gasteiger partial charge in [-0.1, -0.05) is 6.07 Å². The number of ether oxygens (including phenoxy) is 1. The lowest BCUT2D eigenvalue weighted by Crippen LogP contribution is -2.39. The number of hydrogen-bond donors (Lipinski definition) is 3. The van der Waals surface area contributed by atoms with Crippen LogP contribution in [0, 0.1) is 6.92 Å². The van der Waals surface area contributed by atoms with E-state index in [1.165, 1.54) is 0 Å². The third-order valence-electron chi connectivity index (χ3n) is 4.34. The van der Waals surface area contributed by atoms with Crippen LogP contribution in [0.1, 0.15) is 40.9 Å². The van der Waals surface area contributed by atoms with Gasteiger partial charge in [-0.2, -0.15) is 0 Å². The third kappa shape index (κ3) is 4.94. The molecule has 2 aromatic rings. The van der Waals surface area contributed by atoms with Crippen molar-refractivity contribution >= 4 is 18.3 Å². The van der Waals surface area contributed by atoms with E-state index < -0.39 is 6.10 Å². The summed E-state index contributed by atoms with van der Waals surface area (Å²) in [5.41, 5.74) is 7.92. The first-order valence-corrected chi connectivity index (χ1v) is 8.49. The van der Waals surface area contributed by atoms with E-state index in [2.05, 4.69) is 10.3 Å². The summed E-state index contributed by atoms with van der Waals surface area (Å²) in [6.45, 7) is 2.29. The van der Waals surface area contributed by atoms with E-state index in [0.29, 0.717) is 23.7 Å². The number of nitrogens with one attached hydrogen (secondary N) is 1. The average Bonchev–Trinajstić information content (AvgIpc) is 2.99. The molecule has 1 saturated carbocycles. The second-order valence-corrected chi connectivity index (χ2v) is 6.37. The SMILES string of the molecule is Cc1cc(CN)cc(Oc2cccc(C(=O)N[C@@H]3CCC[C@@H]3O)c2)n1.Cl. The van der Waals surface area contributed by atoms with Crippen molar-refractivity contribution in [3.63, 3.8) is 0 Å². The largest absolute Gasteiger partial charge is 0.439 e. The topological polar surface area (TPSA) is 97.5 Å². The lowest BCUT2D eigenvalue weighted by atomic mass is 10.1. The van der Waals surface area contributed by atoms with E-state index in [0.717, 1.165) is 30.5 Å². The van der Waals surface area contributed by atoms with Gasteiger partial charge in [-0.15, -0.1) is 12.4 Å². The van der Waals surface area contributed by atoms with Crippen LogP contribution in [-0.4, -0.2) is 28.1 Å². The predicted molar refractivity (Wildman–Crippen MR) is 102 cm³/mol. The molecular formula is C19H24ClN3O3. The Kier molecular flexibility index (Phi) is 6.97. The Morgan fingerprint density at radius 1 is 1.35 bits per heavy atom. The van der Waals surface area contributed by atoms with Crippen LogP contribution in [0.15, 0.2) is 36.4 Å². The van der Waals surface area contributed by atoms with E-state index >= 15 is 0 Å². The quantitative estimate of drug-likeness (QED) is 0.744. The highest BCUT2D eigenvalue weighted by Gasteiger charge is 2.26. The zero-order chi connectivity index (χ0) is 17.8. The molecule has 0 bridgehead atoms. The molecule has 1 fully saturated rings. The van der Waals surface area contributed by atoms with Crippen molar-refractivity contribution < 1.29 is 14.6 Å².